The molecule has 0 fully saturated rings. The minimum Gasteiger partial charge on any atom is -0.278 e. The van der Waals surface area contributed by atoms with Crippen molar-refractivity contribution in [1.82, 2.24) is 15.0 Å². The molecule has 78 heavy (non-hydrogen) atoms. The zero-order valence-corrected chi connectivity index (χ0v) is 45.0. The fourth-order valence-electron chi connectivity index (χ4n) is 12.0. The van der Waals surface area contributed by atoms with Gasteiger partial charge in [-0.3, -0.25) is 4.90 Å². The Hall–Kier alpha value is -9.51. The van der Waals surface area contributed by atoms with Gasteiger partial charge in [-0.05, 0) is 148 Å². The Morgan fingerprint density at radius 2 is 0.731 bits per heavy atom. The number of hydrogen-bond donors (Lipinski definition) is 0. The van der Waals surface area contributed by atoms with Gasteiger partial charge in [-0.15, -0.1) is 0 Å². The second-order valence-electron chi connectivity index (χ2n) is 20.7. The first-order chi connectivity index (χ1) is 38.2. The minimum atomic E-state index is 0.0111. The molecule has 0 atom stereocenters. The molecule has 12 rings (SSSR count). The number of rotatable bonds is 12. The lowest BCUT2D eigenvalue weighted by Gasteiger charge is -2.29. The van der Waals surface area contributed by atoms with Crippen LogP contribution in [-0.2, 0) is 0 Å². The standard InChI is InChI=1S/C74H60N4/c1-48-44-50(3)68(51(4)45-48)71(69-52(5)46-49(2)47-53(69)6)59-40-42-61(43-41-59)78(67-35-19-18-31-63(67)55-24-12-8-13-25-55)74-76-72(75-73(77-74)66-32-17-16-30-62(66)54-22-10-7-11-23-54)60-38-36-57(37-39-60)65-34-21-29-58-28-20-33-64(70(58)65)56-26-14-9-15-27-56/h7-47,71H,1-6H3. The molecule has 1 heterocycles. The number of aromatic nitrogens is 3. The third-order valence-corrected chi connectivity index (χ3v) is 15.3. The molecule has 4 nitrogen and oxygen atoms in total. The number of aryl methyl sites for hydroxylation is 6. The number of fused-ring (bicyclic) bond motifs is 1. The van der Waals surface area contributed by atoms with E-state index in [2.05, 4.69) is 295 Å². The molecule has 12 aromatic rings. The molecule has 4 heteroatoms. The van der Waals surface area contributed by atoms with Gasteiger partial charge in [-0.2, -0.15) is 9.97 Å². The number of anilines is 3. The summed E-state index contributed by atoms with van der Waals surface area (Å²) in [4.78, 5) is 18.7. The van der Waals surface area contributed by atoms with Gasteiger partial charge in [-0.25, -0.2) is 4.98 Å². The fourth-order valence-corrected chi connectivity index (χ4v) is 12.0. The average Bonchev–Trinajstić information content (AvgIpc) is 3.60. The van der Waals surface area contributed by atoms with Crippen LogP contribution >= 0.6 is 0 Å². The summed E-state index contributed by atoms with van der Waals surface area (Å²) in [5.41, 5.74) is 24.2. The van der Waals surface area contributed by atoms with E-state index in [0.29, 0.717) is 17.6 Å². The van der Waals surface area contributed by atoms with E-state index in [9.17, 15) is 0 Å². The number of hydrogen-bond acceptors (Lipinski definition) is 4. The lowest BCUT2D eigenvalue weighted by atomic mass is 9.77. The highest BCUT2D eigenvalue weighted by molar-refractivity contribution is 6.06. The van der Waals surface area contributed by atoms with Crippen molar-refractivity contribution in [1.29, 1.82) is 0 Å². The minimum absolute atomic E-state index is 0.0111. The van der Waals surface area contributed by atoms with E-state index in [1.54, 1.807) is 0 Å². The Labute approximate surface area is 459 Å². The van der Waals surface area contributed by atoms with Crippen molar-refractivity contribution < 1.29 is 0 Å². The SMILES string of the molecule is Cc1cc(C)c(C(c2ccc(N(c3nc(-c4ccc(-c5cccc6cccc(-c7ccccc7)c56)cc4)nc(-c4ccccc4-c4ccccc4)n3)c3ccccc3-c3ccccc3)cc2)c2c(C)cc(C)cc2C)c(C)c1. The second-order valence-corrected chi connectivity index (χ2v) is 20.7. The molecule has 0 bridgehead atoms. The van der Waals surface area contributed by atoms with Crippen LogP contribution in [0.5, 0.6) is 0 Å². The van der Waals surface area contributed by atoms with Gasteiger partial charge in [0.2, 0.25) is 5.95 Å². The molecule has 0 aliphatic carbocycles. The molecule has 0 saturated heterocycles. The van der Waals surface area contributed by atoms with Crippen molar-refractivity contribution in [2.45, 2.75) is 47.5 Å². The maximum absolute atomic E-state index is 5.56. The fraction of sp³-hybridized carbons (Fsp3) is 0.0946. The topological polar surface area (TPSA) is 41.9 Å². The maximum Gasteiger partial charge on any atom is 0.238 e. The monoisotopic (exact) mass is 1000 g/mol. The molecule has 376 valence electrons. The summed E-state index contributed by atoms with van der Waals surface area (Å²) in [5, 5.41) is 2.42. The Bertz CT molecular complexity index is 4020. The van der Waals surface area contributed by atoms with E-state index in [4.69, 9.17) is 15.0 Å². The Morgan fingerprint density at radius 1 is 0.321 bits per heavy atom. The molecule has 0 aliphatic heterocycles. The van der Waals surface area contributed by atoms with Crippen LogP contribution in [0.4, 0.5) is 17.3 Å². The predicted octanol–water partition coefficient (Wildman–Crippen LogP) is 19.5. The van der Waals surface area contributed by atoms with E-state index in [1.165, 1.54) is 77.5 Å². The summed E-state index contributed by atoms with van der Waals surface area (Å²) in [5.74, 6) is 1.67. The maximum atomic E-state index is 5.56. The Morgan fingerprint density at radius 3 is 1.27 bits per heavy atom. The number of nitrogens with zero attached hydrogens (tertiary/aromatic N) is 4. The number of benzene rings is 11. The van der Waals surface area contributed by atoms with Crippen LogP contribution in [0, 0.1) is 41.5 Å². The van der Waals surface area contributed by atoms with Crippen LogP contribution in [0.1, 0.15) is 56.0 Å². The average molecular weight is 1010 g/mol. The molecular formula is C74H60N4. The van der Waals surface area contributed by atoms with E-state index < -0.39 is 0 Å². The van der Waals surface area contributed by atoms with Crippen molar-refractivity contribution in [3.05, 3.63) is 299 Å². The van der Waals surface area contributed by atoms with Gasteiger partial charge < -0.3 is 0 Å². The summed E-state index contributed by atoms with van der Waals surface area (Å²) >= 11 is 0. The van der Waals surface area contributed by atoms with Crippen LogP contribution in [0.2, 0.25) is 0 Å². The van der Waals surface area contributed by atoms with Crippen molar-refractivity contribution in [2.24, 2.45) is 0 Å². The summed E-state index contributed by atoms with van der Waals surface area (Å²) in [6.45, 7) is 13.5. The second kappa shape index (κ2) is 21.3. The predicted molar refractivity (Wildman–Crippen MR) is 327 cm³/mol. The van der Waals surface area contributed by atoms with Gasteiger partial charge in [0, 0.05) is 28.3 Å². The molecule has 0 aliphatic rings. The summed E-state index contributed by atoms with van der Waals surface area (Å²) < 4.78 is 0. The van der Waals surface area contributed by atoms with Crippen LogP contribution in [0.25, 0.3) is 78.1 Å². The first kappa shape index (κ1) is 49.4. The summed E-state index contributed by atoms with van der Waals surface area (Å²) in [6.07, 6.45) is 0. The highest BCUT2D eigenvalue weighted by atomic mass is 15.3. The normalized spacial score (nSPS) is 11.3. The van der Waals surface area contributed by atoms with E-state index in [-0.39, 0.29) is 5.92 Å². The van der Waals surface area contributed by atoms with Crippen LogP contribution in [-0.4, -0.2) is 15.0 Å². The first-order valence-electron chi connectivity index (χ1n) is 27.0. The van der Waals surface area contributed by atoms with Crippen molar-refractivity contribution >= 4 is 28.1 Å². The quantitative estimate of drug-likeness (QED) is 0.114. The van der Waals surface area contributed by atoms with Gasteiger partial charge in [0.15, 0.2) is 11.6 Å². The molecule has 0 spiro atoms. The molecule has 0 N–H and O–H groups in total. The van der Waals surface area contributed by atoms with Crippen LogP contribution in [0.3, 0.4) is 0 Å². The van der Waals surface area contributed by atoms with Crippen molar-refractivity contribution in [3.63, 3.8) is 0 Å². The van der Waals surface area contributed by atoms with Crippen LogP contribution in [0.15, 0.2) is 249 Å². The van der Waals surface area contributed by atoms with Gasteiger partial charge in [0.1, 0.15) is 0 Å². The van der Waals surface area contributed by atoms with Crippen molar-refractivity contribution in [2.75, 3.05) is 4.90 Å². The highest BCUT2D eigenvalue weighted by Crippen LogP contribution is 2.45. The van der Waals surface area contributed by atoms with Gasteiger partial charge >= 0.3 is 0 Å². The molecule has 0 saturated carbocycles. The Kier molecular flexibility index (Phi) is 13.5. The first-order valence-corrected chi connectivity index (χ1v) is 27.0. The van der Waals surface area contributed by atoms with Gasteiger partial charge in [0.05, 0.1) is 5.69 Å². The summed E-state index contributed by atoms with van der Waals surface area (Å²) in [6, 6.07) is 89.1. The van der Waals surface area contributed by atoms with E-state index in [0.717, 1.165) is 50.3 Å². The van der Waals surface area contributed by atoms with E-state index in [1.807, 2.05) is 0 Å². The Balaban J connectivity index is 1.06. The molecule has 0 unspecified atom stereocenters. The zero-order chi connectivity index (χ0) is 53.3. The molecule has 0 amide bonds. The molecule has 11 aromatic carbocycles. The van der Waals surface area contributed by atoms with E-state index >= 15 is 0 Å². The summed E-state index contributed by atoms with van der Waals surface area (Å²) in [7, 11) is 0. The third-order valence-electron chi connectivity index (χ3n) is 15.3. The number of para-hydroxylation sites is 1. The largest absolute Gasteiger partial charge is 0.278 e. The highest BCUT2D eigenvalue weighted by Gasteiger charge is 2.27. The lowest BCUT2D eigenvalue weighted by molar-refractivity contribution is 0.919. The smallest absolute Gasteiger partial charge is 0.238 e. The van der Waals surface area contributed by atoms with Gasteiger partial charge in [0.25, 0.3) is 0 Å². The van der Waals surface area contributed by atoms with Gasteiger partial charge in [-0.1, -0.05) is 242 Å². The van der Waals surface area contributed by atoms with Crippen molar-refractivity contribution in [3.8, 4) is 67.3 Å². The molecule has 0 radical (unpaired) electrons. The zero-order valence-electron chi connectivity index (χ0n) is 45.0. The third kappa shape index (κ3) is 9.58. The van der Waals surface area contributed by atoms with Crippen LogP contribution < -0.4 is 4.90 Å². The molecular weight excluding hydrogens is 945 g/mol. The lowest BCUT2D eigenvalue weighted by Crippen LogP contribution is -2.17. The molecule has 1 aromatic heterocycles.